The van der Waals surface area contributed by atoms with Crippen LogP contribution in [0.3, 0.4) is 0 Å². The SMILES string of the molecule is C#CC(Nc1ncnc2nc[nH]c12)c1nc2ccc(F)c3c2n1C(C)CO3. The first-order chi connectivity index (χ1) is 13.2. The van der Waals surface area contributed by atoms with Gasteiger partial charge in [0, 0.05) is 0 Å². The quantitative estimate of drug-likeness (QED) is 0.544. The minimum absolute atomic E-state index is 0.0467. The van der Waals surface area contributed by atoms with E-state index < -0.39 is 11.9 Å². The van der Waals surface area contributed by atoms with Crippen LogP contribution in [0, 0.1) is 18.2 Å². The Morgan fingerprint density at radius 2 is 2.30 bits per heavy atom. The number of ether oxygens (including phenoxy) is 1. The third kappa shape index (κ3) is 2.23. The van der Waals surface area contributed by atoms with E-state index in [9.17, 15) is 4.39 Å². The molecule has 0 bridgehead atoms. The Morgan fingerprint density at radius 1 is 1.41 bits per heavy atom. The number of H-pyrrole nitrogens is 1. The van der Waals surface area contributed by atoms with E-state index in [0.29, 0.717) is 40.4 Å². The first kappa shape index (κ1) is 15.6. The van der Waals surface area contributed by atoms with Crippen LogP contribution < -0.4 is 10.1 Å². The molecule has 0 amide bonds. The van der Waals surface area contributed by atoms with Crippen molar-refractivity contribution in [3.8, 4) is 18.1 Å². The van der Waals surface area contributed by atoms with E-state index in [1.807, 2.05) is 11.5 Å². The van der Waals surface area contributed by atoms with Crippen molar-refractivity contribution in [2.45, 2.75) is 19.0 Å². The molecule has 5 rings (SSSR count). The van der Waals surface area contributed by atoms with Gasteiger partial charge in [0.2, 0.25) is 0 Å². The van der Waals surface area contributed by atoms with Gasteiger partial charge in [0.15, 0.2) is 23.0 Å². The number of anilines is 1. The predicted molar refractivity (Wildman–Crippen MR) is 96.8 cm³/mol. The lowest BCUT2D eigenvalue weighted by atomic mass is 10.2. The Hall–Kier alpha value is -3.67. The number of aromatic nitrogens is 6. The molecule has 0 fully saturated rings. The molecule has 0 saturated carbocycles. The summed E-state index contributed by atoms with van der Waals surface area (Å²) in [6.45, 7) is 2.31. The zero-order valence-corrected chi connectivity index (χ0v) is 14.3. The topological polar surface area (TPSA) is 93.5 Å². The molecule has 8 nitrogen and oxygen atoms in total. The molecule has 27 heavy (non-hydrogen) atoms. The van der Waals surface area contributed by atoms with E-state index in [-0.39, 0.29) is 11.8 Å². The van der Waals surface area contributed by atoms with Gasteiger partial charge in [-0.3, -0.25) is 0 Å². The lowest BCUT2D eigenvalue weighted by molar-refractivity contribution is 0.235. The number of hydrogen-bond acceptors (Lipinski definition) is 6. The van der Waals surface area contributed by atoms with E-state index in [2.05, 4.69) is 36.2 Å². The molecule has 0 saturated heterocycles. The number of rotatable bonds is 3. The van der Waals surface area contributed by atoms with Crippen LogP contribution in [0.15, 0.2) is 24.8 Å². The van der Waals surface area contributed by atoms with Gasteiger partial charge < -0.3 is 19.6 Å². The molecule has 2 N–H and O–H groups in total. The van der Waals surface area contributed by atoms with Crippen molar-refractivity contribution >= 4 is 28.0 Å². The van der Waals surface area contributed by atoms with Gasteiger partial charge in [0.1, 0.15) is 35.8 Å². The van der Waals surface area contributed by atoms with E-state index in [1.165, 1.54) is 18.7 Å². The maximum absolute atomic E-state index is 14.2. The van der Waals surface area contributed by atoms with Crippen molar-refractivity contribution in [2.75, 3.05) is 11.9 Å². The molecule has 134 valence electrons. The average Bonchev–Trinajstić information content (AvgIpc) is 3.30. The smallest absolute Gasteiger partial charge is 0.182 e. The predicted octanol–water partition coefficient (Wildman–Crippen LogP) is 2.58. The molecule has 1 aliphatic rings. The van der Waals surface area contributed by atoms with Gasteiger partial charge in [0.25, 0.3) is 0 Å². The highest BCUT2D eigenvalue weighted by Crippen LogP contribution is 2.38. The number of fused-ring (bicyclic) bond motifs is 1. The second-order valence-electron chi connectivity index (χ2n) is 6.31. The van der Waals surface area contributed by atoms with Gasteiger partial charge >= 0.3 is 0 Å². The fraction of sp³-hybridized carbons (Fsp3) is 0.222. The van der Waals surface area contributed by atoms with Crippen LogP contribution in [-0.2, 0) is 0 Å². The summed E-state index contributed by atoms with van der Waals surface area (Å²) in [7, 11) is 0. The molecule has 2 unspecified atom stereocenters. The molecule has 9 heteroatoms. The molecule has 1 aromatic carbocycles. The van der Waals surface area contributed by atoms with E-state index in [1.54, 1.807) is 6.07 Å². The monoisotopic (exact) mass is 363 g/mol. The van der Waals surface area contributed by atoms with Gasteiger partial charge in [-0.15, -0.1) is 6.42 Å². The summed E-state index contributed by atoms with van der Waals surface area (Å²) in [5.74, 6) is 3.62. The van der Waals surface area contributed by atoms with E-state index in [0.717, 1.165) is 0 Å². The van der Waals surface area contributed by atoms with E-state index in [4.69, 9.17) is 11.2 Å². The molecule has 4 heterocycles. The summed E-state index contributed by atoms with van der Waals surface area (Å²) >= 11 is 0. The normalized spacial score (nSPS) is 16.9. The maximum Gasteiger partial charge on any atom is 0.182 e. The number of halogens is 1. The van der Waals surface area contributed by atoms with Crippen LogP contribution in [0.2, 0.25) is 0 Å². The molecular formula is C18H14FN7O. The van der Waals surface area contributed by atoms with Crippen LogP contribution in [0.5, 0.6) is 5.75 Å². The molecule has 0 aliphatic carbocycles. The van der Waals surface area contributed by atoms with E-state index >= 15 is 0 Å². The fourth-order valence-electron chi connectivity index (χ4n) is 3.41. The summed E-state index contributed by atoms with van der Waals surface area (Å²) < 4.78 is 21.7. The van der Waals surface area contributed by atoms with Crippen molar-refractivity contribution in [2.24, 2.45) is 0 Å². The molecule has 0 radical (unpaired) electrons. The molecule has 3 aromatic heterocycles. The zero-order chi connectivity index (χ0) is 18.5. The summed E-state index contributed by atoms with van der Waals surface area (Å²) in [4.78, 5) is 20.1. The summed E-state index contributed by atoms with van der Waals surface area (Å²) in [5.41, 5.74) is 2.42. The van der Waals surface area contributed by atoms with Crippen molar-refractivity contribution in [1.82, 2.24) is 29.5 Å². The van der Waals surface area contributed by atoms with Crippen LogP contribution >= 0.6 is 0 Å². The van der Waals surface area contributed by atoms with Crippen molar-refractivity contribution in [3.05, 3.63) is 36.4 Å². The number of aromatic amines is 1. The Morgan fingerprint density at radius 3 is 3.15 bits per heavy atom. The maximum atomic E-state index is 14.2. The largest absolute Gasteiger partial charge is 0.486 e. The lowest BCUT2D eigenvalue weighted by Crippen LogP contribution is -2.24. The highest BCUT2D eigenvalue weighted by atomic mass is 19.1. The number of benzene rings is 1. The third-order valence-corrected chi connectivity index (χ3v) is 4.62. The number of terminal acetylenes is 1. The zero-order valence-electron chi connectivity index (χ0n) is 14.3. The Labute approximate surface area is 152 Å². The van der Waals surface area contributed by atoms with Crippen molar-refractivity contribution in [3.63, 3.8) is 0 Å². The standard InChI is InChI=1S/C18H14FN7O/c1-3-11(24-17-13-16(21-7-20-13)22-8-23-17)18-25-12-5-4-10(19)15-14(12)26(18)9(2)6-27-15/h1,4-5,7-9,11H,6H2,2H3,(H2,20,21,22,23,24). The summed E-state index contributed by atoms with van der Waals surface area (Å²) in [6, 6.07) is 2.34. The van der Waals surface area contributed by atoms with Gasteiger partial charge in [-0.1, -0.05) is 5.92 Å². The molecule has 4 aromatic rings. The number of nitrogens with zero attached hydrogens (tertiary/aromatic N) is 5. The van der Waals surface area contributed by atoms with Crippen molar-refractivity contribution < 1.29 is 9.13 Å². The number of hydrogen-bond donors (Lipinski definition) is 2. The second kappa shape index (κ2) is 5.67. The minimum Gasteiger partial charge on any atom is -0.486 e. The summed E-state index contributed by atoms with van der Waals surface area (Å²) in [5, 5.41) is 3.21. The fourth-order valence-corrected chi connectivity index (χ4v) is 3.41. The Balaban J connectivity index is 1.66. The van der Waals surface area contributed by atoms with Gasteiger partial charge in [-0.25, -0.2) is 24.3 Å². The Kier molecular flexibility index (Phi) is 3.27. The third-order valence-electron chi connectivity index (χ3n) is 4.62. The van der Waals surface area contributed by atoms with Crippen LogP contribution in [0.25, 0.3) is 22.2 Å². The molecule has 1 aliphatic heterocycles. The second-order valence-corrected chi connectivity index (χ2v) is 6.31. The van der Waals surface area contributed by atoms with Gasteiger partial charge in [-0.2, -0.15) is 0 Å². The first-order valence-electron chi connectivity index (χ1n) is 8.37. The molecular weight excluding hydrogens is 349 g/mol. The number of nitrogens with one attached hydrogen (secondary N) is 2. The van der Waals surface area contributed by atoms with Gasteiger partial charge in [-0.05, 0) is 19.1 Å². The van der Waals surface area contributed by atoms with Gasteiger partial charge in [0.05, 0.1) is 17.9 Å². The van der Waals surface area contributed by atoms with Crippen LogP contribution in [0.4, 0.5) is 10.2 Å². The molecule has 2 atom stereocenters. The number of imidazole rings is 2. The first-order valence-corrected chi connectivity index (χ1v) is 8.37. The van der Waals surface area contributed by atoms with Crippen LogP contribution in [0.1, 0.15) is 24.8 Å². The summed E-state index contributed by atoms with van der Waals surface area (Å²) in [6.07, 6.45) is 8.76. The highest BCUT2D eigenvalue weighted by molar-refractivity contribution is 5.85. The Bertz CT molecular complexity index is 1220. The lowest BCUT2D eigenvalue weighted by Gasteiger charge is -2.26. The highest BCUT2D eigenvalue weighted by Gasteiger charge is 2.29. The molecule has 0 spiro atoms. The minimum atomic E-state index is -0.588. The van der Waals surface area contributed by atoms with Crippen LogP contribution in [-0.4, -0.2) is 36.1 Å². The average molecular weight is 363 g/mol. The van der Waals surface area contributed by atoms with Crippen molar-refractivity contribution in [1.29, 1.82) is 0 Å².